The number of hydrogen-bond donors (Lipinski definition) is 1. The highest BCUT2D eigenvalue weighted by Crippen LogP contribution is 2.17. The quantitative estimate of drug-likeness (QED) is 0.770. The van der Waals surface area contributed by atoms with Crippen molar-refractivity contribution in [1.29, 1.82) is 0 Å². The molecule has 2 atom stereocenters. The Morgan fingerprint density at radius 1 is 1.43 bits per heavy atom. The van der Waals surface area contributed by atoms with E-state index in [0.29, 0.717) is 6.04 Å². The molecule has 1 aromatic rings. The van der Waals surface area contributed by atoms with Gasteiger partial charge < -0.3 is 10.1 Å². The zero-order valence-electron chi connectivity index (χ0n) is 8.53. The Labute approximate surface area is 83.7 Å². The first-order valence-corrected chi connectivity index (χ1v) is 4.92. The van der Waals surface area contributed by atoms with Gasteiger partial charge in [0.2, 0.25) is 0 Å². The average molecular weight is 193 g/mol. The third kappa shape index (κ3) is 2.01. The Kier molecular flexibility index (Phi) is 2.63. The van der Waals surface area contributed by atoms with Crippen LogP contribution in [0.3, 0.4) is 0 Å². The summed E-state index contributed by atoms with van der Waals surface area (Å²) in [4.78, 5) is 8.26. The zero-order chi connectivity index (χ0) is 9.97. The van der Waals surface area contributed by atoms with Gasteiger partial charge in [0.05, 0.1) is 30.2 Å². The third-order valence-electron chi connectivity index (χ3n) is 2.51. The topological polar surface area (TPSA) is 47.0 Å². The van der Waals surface area contributed by atoms with Crippen molar-refractivity contribution in [2.75, 3.05) is 11.9 Å². The van der Waals surface area contributed by atoms with Crippen molar-refractivity contribution in [3.05, 3.63) is 18.2 Å². The molecule has 4 nitrogen and oxygen atoms in total. The van der Waals surface area contributed by atoms with Crippen molar-refractivity contribution in [2.45, 2.75) is 32.4 Å². The summed E-state index contributed by atoms with van der Waals surface area (Å²) >= 11 is 0. The molecule has 4 heteroatoms. The summed E-state index contributed by atoms with van der Waals surface area (Å²) in [5.41, 5.74) is 0.970. The summed E-state index contributed by atoms with van der Waals surface area (Å²) < 4.78 is 5.46. The van der Waals surface area contributed by atoms with Gasteiger partial charge in [-0.15, -0.1) is 0 Å². The molecule has 0 aliphatic carbocycles. The fourth-order valence-corrected chi connectivity index (χ4v) is 1.60. The maximum Gasteiger partial charge on any atom is 0.125 e. The maximum absolute atomic E-state index is 5.46. The first kappa shape index (κ1) is 9.40. The van der Waals surface area contributed by atoms with Crippen LogP contribution in [0.25, 0.3) is 0 Å². The van der Waals surface area contributed by atoms with Crippen LogP contribution in [0, 0.1) is 6.92 Å². The average Bonchev–Trinajstić information content (AvgIpc) is 2.56. The molecule has 0 radical (unpaired) electrons. The summed E-state index contributed by atoms with van der Waals surface area (Å²) in [6.07, 6.45) is 4.95. The van der Waals surface area contributed by atoms with Crippen molar-refractivity contribution < 1.29 is 4.74 Å². The van der Waals surface area contributed by atoms with Gasteiger partial charge in [-0.25, -0.2) is 9.97 Å². The number of nitrogens with one attached hydrogen (secondary N) is 1. The molecule has 1 N–H and O–H groups in total. The number of nitrogens with zero attached hydrogens (tertiary/aromatic N) is 2. The molecule has 0 bridgehead atoms. The van der Waals surface area contributed by atoms with Gasteiger partial charge in [0, 0.05) is 6.61 Å². The van der Waals surface area contributed by atoms with Crippen molar-refractivity contribution in [2.24, 2.45) is 0 Å². The van der Waals surface area contributed by atoms with E-state index in [1.54, 1.807) is 0 Å². The lowest BCUT2D eigenvalue weighted by Gasteiger charge is -2.16. The fourth-order valence-electron chi connectivity index (χ4n) is 1.60. The third-order valence-corrected chi connectivity index (χ3v) is 2.51. The van der Waals surface area contributed by atoms with Crippen LogP contribution < -0.4 is 5.32 Å². The minimum Gasteiger partial charge on any atom is -0.377 e. The van der Waals surface area contributed by atoms with Crippen LogP contribution in [0.1, 0.15) is 19.2 Å². The number of anilines is 1. The molecule has 1 aliphatic rings. The highest BCUT2D eigenvalue weighted by molar-refractivity contribution is 5.39. The van der Waals surface area contributed by atoms with E-state index in [-0.39, 0.29) is 6.10 Å². The molecule has 0 aromatic carbocycles. The van der Waals surface area contributed by atoms with E-state index >= 15 is 0 Å². The minimum atomic E-state index is 0.274. The van der Waals surface area contributed by atoms with E-state index in [0.717, 1.165) is 24.5 Å². The second-order valence-electron chi connectivity index (χ2n) is 3.63. The molecule has 76 valence electrons. The summed E-state index contributed by atoms with van der Waals surface area (Å²) in [7, 11) is 0. The Morgan fingerprint density at radius 3 is 2.71 bits per heavy atom. The highest BCUT2D eigenvalue weighted by Gasteiger charge is 2.23. The van der Waals surface area contributed by atoms with E-state index in [2.05, 4.69) is 22.2 Å². The highest BCUT2D eigenvalue weighted by atomic mass is 16.5. The predicted molar refractivity (Wildman–Crippen MR) is 54.2 cm³/mol. The van der Waals surface area contributed by atoms with Crippen molar-refractivity contribution in [3.63, 3.8) is 0 Å². The van der Waals surface area contributed by atoms with Gasteiger partial charge in [-0.1, -0.05) is 0 Å². The predicted octanol–water partition coefficient (Wildman–Crippen LogP) is 1.37. The summed E-state index contributed by atoms with van der Waals surface area (Å²) in [6.45, 7) is 4.80. The molecule has 2 unspecified atom stereocenters. The molecule has 0 saturated carbocycles. The van der Waals surface area contributed by atoms with Crippen LogP contribution in [0.15, 0.2) is 12.4 Å². The lowest BCUT2D eigenvalue weighted by atomic mass is 10.1. The minimum absolute atomic E-state index is 0.274. The van der Waals surface area contributed by atoms with Crippen LogP contribution >= 0.6 is 0 Å². The maximum atomic E-state index is 5.46. The number of rotatable bonds is 2. The van der Waals surface area contributed by atoms with Gasteiger partial charge >= 0.3 is 0 Å². The summed E-state index contributed by atoms with van der Waals surface area (Å²) in [6, 6.07) is 0.390. The smallest absolute Gasteiger partial charge is 0.125 e. The number of aromatic nitrogens is 2. The zero-order valence-corrected chi connectivity index (χ0v) is 8.53. The second kappa shape index (κ2) is 3.92. The van der Waals surface area contributed by atoms with Gasteiger partial charge in [-0.3, -0.25) is 0 Å². The molecule has 1 saturated heterocycles. The van der Waals surface area contributed by atoms with E-state index in [1.807, 2.05) is 19.3 Å². The van der Waals surface area contributed by atoms with Crippen LogP contribution in [-0.2, 0) is 4.74 Å². The Hall–Kier alpha value is -1.16. The SMILES string of the molecule is Cc1ncc(NC2CCOC2C)cn1. The van der Waals surface area contributed by atoms with Gasteiger partial charge in [-0.05, 0) is 20.3 Å². The molecular weight excluding hydrogens is 178 g/mol. The monoisotopic (exact) mass is 193 g/mol. The lowest BCUT2D eigenvalue weighted by Crippen LogP contribution is -2.26. The number of ether oxygens (including phenoxy) is 1. The molecule has 2 rings (SSSR count). The Balaban J connectivity index is 2.00. The molecule has 1 aliphatic heterocycles. The standard InChI is InChI=1S/C10H15N3O/c1-7-10(3-4-14-7)13-9-5-11-8(2)12-6-9/h5-7,10,13H,3-4H2,1-2H3. The molecular formula is C10H15N3O. The largest absolute Gasteiger partial charge is 0.377 e. The fraction of sp³-hybridized carbons (Fsp3) is 0.600. The molecule has 14 heavy (non-hydrogen) atoms. The van der Waals surface area contributed by atoms with Crippen molar-refractivity contribution >= 4 is 5.69 Å². The Bertz CT molecular complexity index is 299. The summed E-state index contributed by atoms with van der Waals surface area (Å²) in [5, 5.41) is 3.37. The van der Waals surface area contributed by atoms with Gasteiger partial charge in [0.1, 0.15) is 5.82 Å². The van der Waals surface area contributed by atoms with E-state index in [4.69, 9.17) is 4.74 Å². The first-order chi connectivity index (χ1) is 6.75. The van der Waals surface area contributed by atoms with Crippen molar-refractivity contribution in [3.8, 4) is 0 Å². The number of aryl methyl sites for hydroxylation is 1. The van der Waals surface area contributed by atoms with Gasteiger partial charge in [0.25, 0.3) is 0 Å². The van der Waals surface area contributed by atoms with E-state index < -0.39 is 0 Å². The number of hydrogen-bond acceptors (Lipinski definition) is 4. The van der Waals surface area contributed by atoms with E-state index in [1.165, 1.54) is 0 Å². The summed E-state index contributed by atoms with van der Waals surface area (Å²) in [5.74, 6) is 0.797. The molecule has 1 aromatic heterocycles. The van der Waals surface area contributed by atoms with Crippen LogP contribution in [0.4, 0.5) is 5.69 Å². The van der Waals surface area contributed by atoms with Crippen LogP contribution in [0.2, 0.25) is 0 Å². The second-order valence-corrected chi connectivity index (χ2v) is 3.63. The Morgan fingerprint density at radius 2 is 2.14 bits per heavy atom. The van der Waals surface area contributed by atoms with Crippen LogP contribution in [-0.4, -0.2) is 28.7 Å². The molecule has 2 heterocycles. The van der Waals surface area contributed by atoms with E-state index in [9.17, 15) is 0 Å². The first-order valence-electron chi connectivity index (χ1n) is 4.92. The molecule has 0 spiro atoms. The molecule has 1 fully saturated rings. The molecule has 0 amide bonds. The van der Waals surface area contributed by atoms with Gasteiger partial charge in [0.15, 0.2) is 0 Å². The normalized spacial score (nSPS) is 26.4. The van der Waals surface area contributed by atoms with Gasteiger partial charge in [-0.2, -0.15) is 0 Å². The van der Waals surface area contributed by atoms with Crippen molar-refractivity contribution in [1.82, 2.24) is 9.97 Å². The lowest BCUT2D eigenvalue weighted by molar-refractivity contribution is 0.121. The van der Waals surface area contributed by atoms with Crippen LogP contribution in [0.5, 0.6) is 0 Å².